The predicted molar refractivity (Wildman–Crippen MR) is 79.4 cm³/mol. The highest BCUT2D eigenvalue weighted by Gasteiger charge is 2.23. The van der Waals surface area contributed by atoms with Crippen LogP contribution in [0.25, 0.3) is 0 Å². The van der Waals surface area contributed by atoms with E-state index >= 15 is 0 Å². The molecule has 0 aliphatic carbocycles. The standard InChI is InChI=1S/C15H26N4/c1-4-13-10-14(5-2)18-15(17-13)19-8-6-12(7-9-19)11(3)16/h10-12H,4-9,16H2,1-3H3. The zero-order valence-corrected chi connectivity index (χ0v) is 12.4. The van der Waals surface area contributed by atoms with Crippen LogP contribution in [0.5, 0.6) is 0 Å². The molecule has 0 saturated carbocycles. The van der Waals surface area contributed by atoms with Crippen molar-refractivity contribution < 1.29 is 0 Å². The van der Waals surface area contributed by atoms with Gasteiger partial charge in [-0.15, -0.1) is 0 Å². The smallest absolute Gasteiger partial charge is 0.225 e. The van der Waals surface area contributed by atoms with Crippen molar-refractivity contribution in [1.82, 2.24) is 9.97 Å². The van der Waals surface area contributed by atoms with E-state index in [1.165, 1.54) is 0 Å². The van der Waals surface area contributed by atoms with Crippen molar-refractivity contribution in [3.05, 3.63) is 17.5 Å². The highest BCUT2D eigenvalue weighted by molar-refractivity contribution is 5.33. The molecule has 1 saturated heterocycles. The van der Waals surface area contributed by atoms with E-state index in [0.29, 0.717) is 12.0 Å². The molecule has 106 valence electrons. The molecule has 4 nitrogen and oxygen atoms in total. The van der Waals surface area contributed by atoms with Crippen LogP contribution in [0, 0.1) is 5.92 Å². The molecule has 0 amide bonds. The highest BCUT2D eigenvalue weighted by atomic mass is 15.3. The minimum atomic E-state index is 0.302. The summed E-state index contributed by atoms with van der Waals surface area (Å²) in [6.45, 7) is 8.47. The molecule has 1 aromatic rings. The molecule has 1 aromatic heterocycles. The lowest BCUT2D eigenvalue weighted by Crippen LogP contribution is -2.40. The van der Waals surface area contributed by atoms with Crippen molar-refractivity contribution in [3.8, 4) is 0 Å². The fourth-order valence-corrected chi connectivity index (χ4v) is 2.67. The summed E-state index contributed by atoms with van der Waals surface area (Å²) < 4.78 is 0. The first-order valence-electron chi connectivity index (χ1n) is 7.51. The van der Waals surface area contributed by atoms with Gasteiger partial charge >= 0.3 is 0 Å². The van der Waals surface area contributed by atoms with E-state index in [1.54, 1.807) is 0 Å². The second kappa shape index (κ2) is 6.33. The number of anilines is 1. The summed E-state index contributed by atoms with van der Waals surface area (Å²) in [6.07, 6.45) is 4.25. The third kappa shape index (κ3) is 3.44. The summed E-state index contributed by atoms with van der Waals surface area (Å²) in [6, 6.07) is 2.43. The topological polar surface area (TPSA) is 55.0 Å². The van der Waals surface area contributed by atoms with Gasteiger partial charge in [0.1, 0.15) is 0 Å². The average molecular weight is 262 g/mol. The quantitative estimate of drug-likeness (QED) is 0.903. The Morgan fingerprint density at radius 2 is 1.74 bits per heavy atom. The third-order valence-electron chi connectivity index (χ3n) is 4.11. The summed E-state index contributed by atoms with van der Waals surface area (Å²) >= 11 is 0. The van der Waals surface area contributed by atoms with Crippen molar-refractivity contribution in [3.63, 3.8) is 0 Å². The van der Waals surface area contributed by atoms with E-state index in [4.69, 9.17) is 5.73 Å². The number of nitrogens with two attached hydrogens (primary N) is 1. The zero-order chi connectivity index (χ0) is 13.8. The van der Waals surface area contributed by atoms with Crippen LogP contribution in [0.15, 0.2) is 6.07 Å². The Balaban J connectivity index is 2.10. The molecule has 4 heteroatoms. The highest BCUT2D eigenvalue weighted by Crippen LogP contribution is 2.23. The molecule has 0 aromatic carbocycles. The molecular formula is C15H26N4. The van der Waals surface area contributed by atoms with Crippen LogP contribution in [0.1, 0.15) is 45.0 Å². The maximum Gasteiger partial charge on any atom is 0.225 e. The third-order valence-corrected chi connectivity index (χ3v) is 4.11. The molecular weight excluding hydrogens is 236 g/mol. The fraction of sp³-hybridized carbons (Fsp3) is 0.733. The van der Waals surface area contributed by atoms with Gasteiger partial charge in [0.2, 0.25) is 5.95 Å². The lowest BCUT2D eigenvalue weighted by Gasteiger charge is -2.34. The van der Waals surface area contributed by atoms with Gasteiger partial charge in [-0.25, -0.2) is 9.97 Å². The van der Waals surface area contributed by atoms with Crippen LogP contribution >= 0.6 is 0 Å². The lowest BCUT2D eigenvalue weighted by molar-refractivity contribution is 0.352. The lowest BCUT2D eigenvalue weighted by atomic mass is 9.91. The Kier molecular flexibility index (Phi) is 4.75. The van der Waals surface area contributed by atoms with Gasteiger partial charge < -0.3 is 10.6 Å². The molecule has 0 radical (unpaired) electrons. The zero-order valence-electron chi connectivity index (χ0n) is 12.4. The molecule has 1 atom stereocenters. The van der Waals surface area contributed by atoms with Crippen LogP contribution in [0.3, 0.4) is 0 Å². The predicted octanol–water partition coefficient (Wildman–Crippen LogP) is 2.17. The van der Waals surface area contributed by atoms with Crippen LogP contribution < -0.4 is 10.6 Å². The molecule has 1 aliphatic rings. The van der Waals surface area contributed by atoms with E-state index in [9.17, 15) is 0 Å². The van der Waals surface area contributed by atoms with E-state index in [1.807, 2.05) is 0 Å². The Bertz CT molecular complexity index is 386. The molecule has 2 N–H and O–H groups in total. The van der Waals surface area contributed by atoms with Gasteiger partial charge in [0.05, 0.1) is 0 Å². The maximum absolute atomic E-state index is 5.99. The molecule has 19 heavy (non-hydrogen) atoms. The maximum atomic E-state index is 5.99. The van der Waals surface area contributed by atoms with Crippen LogP contribution in [-0.2, 0) is 12.8 Å². The molecule has 1 fully saturated rings. The molecule has 0 spiro atoms. The number of nitrogens with zero attached hydrogens (tertiary/aromatic N) is 3. The van der Waals surface area contributed by atoms with E-state index < -0.39 is 0 Å². The van der Waals surface area contributed by atoms with Gasteiger partial charge in [-0.1, -0.05) is 13.8 Å². The molecule has 1 aliphatic heterocycles. The molecule has 2 heterocycles. The van der Waals surface area contributed by atoms with Crippen LogP contribution in [0.4, 0.5) is 5.95 Å². The first-order valence-corrected chi connectivity index (χ1v) is 7.51. The first kappa shape index (κ1) is 14.3. The monoisotopic (exact) mass is 262 g/mol. The normalized spacial score (nSPS) is 18.6. The summed E-state index contributed by atoms with van der Waals surface area (Å²) in [4.78, 5) is 11.7. The SMILES string of the molecule is CCc1cc(CC)nc(N2CCC(C(C)N)CC2)n1. The minimum absolute atomic E-state index is 0.302. The van der Waals surface area contributed by atoms with Gasteiger partial charge in [0, 0.05) is 30.5 Å². The van der Waals surface area contributed by atoms with Gasteiger partial charge in [-0.05, 0) is 44.6 Å². The number of aromatic nitrogens is 2. The Hall–Kier alpha value is -1.16. The summed E-state index contributed by atoms with van der Waals surface area (Å²) in [7, 11) is 0. The summed E-state index contributed by atoms with van der Waals surface area (Å²) in [5.74, 6) is 1.57. The average Bonchev–Trinajstić information content (AvgIpc) is 2.46. The van der Waals surface area contributed by atoms with Gasteiger partial charge in [-0.3, -0.25) is 0 Å². The number of hydrogen-bond donors (Lipinski definition) is 1. The number of aryl methyl sites for hydroxylation is 2. The number of piperidine rings is 1. The van der Waals surface area contributed by atoms with Crippen molar-refractivity contribution in [2.24, 2.45) is 11.7 Å². The van der Waals surface area contributed by atoms with Gasteiger partial charge in [0.25, 0.3) is 0 Å². The Morgan fingerprint density at radius 3 is 2.16 bits per heavy atom. The molecule has 0 bridgehead atoms. The van der Waals surface area contributed by atoms with Gasteiger partial charge in [-0.2, -0.15) is 0 Å². The van der Waals surface area contributed by atoms with Crippen molar-refractivity contribution in [2.75, 3.05) is 18.0 Å². The van der Waals surface area contributed by atoms with E-state index in [0.717, 1.165) is 56.1 Å². The van der Waals surface area contributed by atoms with Gasteiger partial charge in [0.15, 0.2) is 0 Å². The Morgan fingerprint density at radius 1 is 1.21 bits per heavy atom. The fourth-order valence-electron chi connectivity index (χ4n) is 2.67. The molecule has 2 rings (SSSR count). The number of rotatable bonds is 4. The van der Waals surface area contributed by atoms with E-state index in [-0.39, 0.29) is 0 Å². The second-order valence-corrected chi connectivity index (χ2v) is 5.54. The molecule has 1 unspecified atom stereocenters. The number of hydrogen-bond acceptors (Lipinski definition) is 4. The van der Waals surface area contributed by atoms with Crippen molar-refractivity contribution in [1.29, 1.82) is 0 Å². The largest absolute Gasteiger partial charge is 0.341 e. The van der Waals surface area contributed by atoms with Crippen LogP contribution in [-0.4, -0.2) is 29.1 Å². The summed E-state index contributed by atoms with van der Waals surface area (Å²) in [5, 5.41) is 0. The van der Waals surface area contributed by atoms with Crippen LogP contribution in [0.2, 0.25) is 0 Å². The first-order chi connectivity index (χ1) is 9.13. The second-order valence-electron chi connectivity index (χ2n) is 5.54. The Labute approximate surface area is 116 Å². The van der Waals surface area contributed by atoms with E-state index in [2.05, 4.69) is 41.7 Å². The van der Waals surface area contributed by atoms with Crippen molar-refractivity contribution >= 4 is 5.95 Å². The van der Waals surface area contributed by atoms with Crippen molar-refractivity contribution in [2.45, 2.75) is 52.5 Å². The minimum Gasteiger partial charge on any atom is -0.341 e. The summed E-state index contributed by atoms with van der Waals surface area (Å²) in [5.41, 5.74) is 8.29.